The van der Waals surface area contributed by atoms with Gasteiger partial charge in [0.25, 0.3) is 5.91 Å². The van der Waals surface area contributed by atoms with Crippen LogP contribution < -0.4 is 10.6 Å². The number of anilines is 1. The number of amides is 1. The van der Waals surface area contributed by atoms with Gasteiger partial charge in [0.2, 0.25) is 0 Å². The molecule has 0 aromatic heterocycles. The number of hydrogen-bond acceptors (Lipinski definition) is 3. The first kappa shape index (κ1) is 15.0. The zero-order valence-electron chi connectivity index (χ0n) is 14.2. The van der Waals surface area contributed by atoms with E-state index in [1.165, 1.54) is 11.1 Å². The van der Waals surface area contributed by atoms with Gasteiger partial charge in [-0.25, -0.2) is 0 Å². The van der Waals surface area contributed by atoms with E-state index < -0.39 is 0 Å². The minimum absolute atomic E-state index is 0.175. The highest BCUT2D eigenvalue weighted by molar-refractivity contribution is 5.95. The van der Waals surface area contributed by atoms with Gasteiger partial charge in [-0.1, -0.05) is 30.3 Å². The minimum Gasteiger partial charge on any atom is -0.378 e. The molecule has 128 valence electrons. The summed E-state index contributed by atoms with van der Waals surface area (Å²) in [5.41, 5.74) is 4.57. The molecule has 0 spiro atoms. The Morgan fingerprint density at radius 3 is 2.64 bits per heavy atom. The van der Waals surface area contributed by atoms with Crippen LogP contribution in [0, 0.1) is 5.92 Å². The summed E-state index contributed by atoms with van der Waals surface area (Å²) in [5, 5.41) is 7.42. The minimum atomic E-state index is 0.175. The van der Waals surface area contributed by atoms with Gasteiger partial charge in [0, 0.05) is 36.3 Å². The predicted octanol–water partition coefficient (Wildman–Crippen LogP) is 3.35. The fourth-order valence-electron chi connectivity index (χ4n) is 4.48. The van der Waals surface area contributed by atoms with Crippen LogP contribution >= 0.6 is 0 Å². The fraction of sp³-hybridized carbons (Fsp3) is 0.381. The standard InChI is InChI=1S/C21H23N3O/c25-21(24-11-4-12-24)15-7-8-18-17(13-15)20-16(9-10-22-20)19(23-18)14-5-2-1-3-6-14/h1-3,5-8,13,16,19-20,22-23H,4,9-12H2. The Bertz CT molecular complexity index is 800. The second kappa shape index (κ2) is 5.88. The van der Waals surface area contributed by atoms with E-state index in [1.807, 2.05) is 11.0 Å². The van der Waals surface area contributed by atoms with Gasteiger partial charge >= 0.3 is 0 Å². The highest BCUT2D eigenvalue weighted by Crippen LogP contribution is 2.47. The average molecular weight is 333 g/mol. The molecule has 0 aliphatic carbocycles. The van der Waals surface area contributed by atoms with E-state index in [9.17, 15) is 4.79 Å². The van der Waals surface area contributed by atoms with Crippen LogP contribution in [0.4, 0.5) is 5.69 Å². The molecule has 2 saturated heterocycles. The van der Waals surface area contributed by atoms with Gasteiger partial charge in [0.05, 0.1) is 6.04 Å². The van der Waals surface area contributed by atoms with Crippen molar-refractivity contribution in [3.63, 3.8) is 0 Å². The van der Waals surface area contributed by atoms with E-state index in [0.717, 1.165) is 43.7 Å². The van der Waals surface area contributed by atoms with E-state index in [1.54, 1.807) is 0 Å². The Balaban J connectivity index is 1.51. The summed E-state index contributed by atoms with van der Waals surface area (Å²) in [5.74, 6) is 0.693. The SMILES string of the molecule is O=C(c1ccc2c(c1)C1NCCC1C(c1ccccc1)N2)N1CCC1. The Kier molecular flexibility index (Phi) is 3.52. The van der Waals surface area contributed by atoms with Gasteiger partial charge in [0.1, 0.15) is 0 Å². The Hall–Kier alpha value is -2.33. The molecule has 2 N–H and O–H groups in total. The maximum atomic E-state index is 12.6. The summed E-state index contributed by atoms with van der Waals surface area (Å²) in [4.78, 5) is 14.5. The van der Waals surface area contributed by atoms with Crippen LogP contribution in [0.25, 0.3) is 0 Å². The van der Waals surface area contributed by atoms with Crippen molar-refractivity contribution in [2.24, 2.45) is 5.92 Å². The molecule has 3 unspecified atom stereocenters. The van der Waals surface area contributed by atoms with Crippen LogP contribution in [0.3, 0.4) is 0 Å². The van der Waals surface area contributed by atoms with Gasteiger partial charge in [-0.3, -0.25) is 4.79 Å². The van der Waals surface area contributed by atoms with Crippen LogP contribution in [-0.2, 0) is 0 Å². The number of carbonyl (C=O) groups is 1. The second-order valence-electron chi connectivity index (χ2n) is 7.36. The smallest absolute Gasteiger partial charge is 0.253 e. The van der Waals surface area contributed by atoms with Crippen molar-refractivity contribution < 1.29 is 4.79 Å². The topological polar surface area (TPSA) is 44.4 Å². The lowest BCUT2D eigenvalue weighted by atomic mass is 9.80. The first-order valence-corrected chi connectivity index (χ1v) is 9.29. The first-order chi connectivity index (χ1) is 12.3. The first-order valence-electron chi connectivity index (χ1n) is 9.29. The summed E-state index contributed by atoms with van der Waals surface area (Å²) < 4.78 is 0. The maximum Gasteiger partial charge on any atom is 0.253 e. The molecule has 3 heterocycles. The van der Waals surface area contributed by atoms with Crippen molar-refractivity contribution in [3.8, 4) is 0 Å². The van der Waals surface area contributed by atoms with Gasteiger partial charge in [0.15, 0.2) is 0 Å². The molecule has 3 aliphatic rings. The molecule has 4 nitrogen and oxygen atoms in total. The Labute approximate surface area is 148 Å². The molecule has 2 aromatic carbocycles. The largest absolute Gasteiger partial charge is 0.378 e. The summed E-state index contributed by atoms with van der Waals surface area (Å²) in [6.45, 7) is 2.83. The van der Waals surface area contributed by atoms with Crippen molar-refractivity contribution in [1.29, 1.82) is 0 Å². The van der Waals surface area contributed by atoms with E-state index in [2.05, 4.69) is 53.1 Å². The molecule has 2 fully saturated rings. The van der Waals surface area contributed by atoms with Crippen LogP contribution in [0.2, 0.25) is 0 Å². The van der Waals surface area contributed by atoms with Gasteiger partial charge < -0.3 is 15.5 Å². The number of rotatable bonds is 2. The number of fused-ring (bicyclic) bond motifs is 3. The molecule has 2 aromatic rings. The highest BCUT2D eigenvalue weighted by atomic mass is 16.2. The average Bonchev–Trinajstić information content (AvgIpc) is 3.10. The van der Waals surface area contributed by atoms with E-state index >= 15 is 0 Å². The molecule has 1 amide bonds. The van der Waals surface area contributed by atoms with E-state index in [0.29, 0.717) is 18.0 Å². The maximum absolute atomic E-state index is 12.6. The number of nitrogens with zero attached hydrogens (tertiary/aromatic N) is 1. The number of benzene rings is 2. The van der Waals surface area contributed by atoms with Crippen LogP contribution in [-0.4, -0.2) is 30.4 Å². The summed E-state index contributed by atoms with van der Waals surface area (Å²) in [6, 6.07) is 17.5. The zero-order chi connectivity index (χ0) is 16.8. The molecule has 5 rings (SSSR count). The number of likely N-dealkylation sites (tertiary alicyclic amines) is 1. The third-order valence-corrected chi connectivity index (χ3v) is 5.94. The lowest BCUT2D eigenvalue weighted by molar-refractivity contribution is 0.0651. The number of nitrogens with one attached hydrogen (secondary N) is 2. The molecule has 3 aliphatic heterocycles. The van der Waals surface area contributed by atoms with E-state index in [-0.39, 0.29) is 5.91 Å². The van der Waals surface area contributed by atoms with Crippen molar-refractivity contribution in [3.05, 3.63) is 65.2 Å². The summed E-state index contributed by atoms with van der Waals surface area (Å²) in [7, 11) is 0. The third-order valence-electron chi connectivity index (χ3n) is 5.94. The van der Waals surface area contributed by atoms with Crippen molar-refractivity contribution >= 4 is 11.6 Å². The highest BCUT2D eigenvalue weighted by Gasteiger charge is 2.40. The molecule has 4 heteroatoms. The zero-order valence-corrected chi connectivity index (χ0v) is 14.2. The van der Waals surface area contributed by atoms with E-state index in [4.69, 9.17) is 0 Å². The van der Waals surface area contributed by atoms with Crippen LogP contribution in [0.5, 0.6) is 0 Å². The van der Waals surface area contributed by atoms with Gasteiger partial charge in [-0.2, -0.15) is 0 Å². The molecule has 3 atom stereocenters. The number of carbonyl (C=O) groups excluding carboxylic acids is 1. The van der Waals surface area contributed by atoms with Crippen LogP contribution in [0.15, 0.2) is 48.5 Å². The summed E-state index contributed by atoms with van der Waals surface area (Å²) >= 11 is 0. The molecular weight excluding hydrogens is 310 g/mol. The molecule has 0 radical (unpaired) electrons. The molecule has 0 bridgehead atoms. The van der Waals surface area contributed by atoms with Crippen molar-refractivity contribution in [1.82, 2.24) is 10.2 Å². The van der Waals surface area contributed by atoms with Crippen LogP contribution in [0.1, 0.15) is 46.4 Å². The quantitative estimate of drug-likeness (QED) is 0.886. The normalized spacial score (nSPS) is 27.0. The Morgan fingerprint density at radius 2 is 1.88 bits per heavy atom. The molecule has 25 heavy (non-hydrogen) atoms. The summed E-state index contributed by atoms with van der Waals surface area (Å²) in [6.07, 6.45) is 2.28. The third kappa shape index (κ3) is 2.44. The molecule has 0 saturated carbocycles. The van der Waals surface area contributed by atoms with Crippen molar-refractivity contribution in [2.75, 3.05) is 25.0 Å². The Morgan fingerprint density at radius 1 is 1.04 bits per heavy atom. The second-order valence-corrected chi connectivity index (χ2v) is 7.36. The monoisotopic (exact) mass is 333 g/mol. The number of hydrogen-bond donors (Lipinski definition) is 2. The lowest BCUT2D eigenvalue weighted by Gasteiger charge is -2.38. The molecular formula is C21H23N3O. The van der Waals surface area contributed by atoms with Crippen molar-refractivity contribution in [2.45, 2.75) is 24.9 Å². The van der Waals surface area contributed by atoms with Gasteiger partial charge in [-0.05, 0) is 48.7 Å². The fourth-order valence-corrected chi connectivity index (χ4v) is 4.48. The predicted molar refractivity (Wildman–Crippen MR) is 98.6 cm³/mol. The van der Waals surface area contributed by atoms with Gasteiger partial charge in [-0.15, -0.1) is 0 Å². The lowest BCUT2D eigenvalue weighted by Crippen LogP contribution is -2.42.